The molecular formula is C26H27FN2O6S. The second-order valence-corrected chi connectivity index (χ2v) is 10.2. The van der Waals surface area contributed by atoms with Gasteiger partial charge in [-0.05, 0) is 61.9 Å². The Balaban J connectivity index is 1.62. The van der Waals surface area contributed by atoms with Crippen LogP contribution in [0.2, 0.25) is 0 Å². The van der Waals surface area contributed by atoms with E-state index in [1.165, 1.54) is 12.1 Å². The number of halogens is 1. The summed E-state index contributed by atoms with van der Waals surface area (Å²) in [6.07, 6.45) is -0.742. The van der Waals surface area contributed by atoms with Crippen LogP contribution in [-0.4, -0.2) is 39.5 Å². The Bertz CT molecular complexity index is 1410. The molecule has 1 aliphatic rings. The molecule has 0 fully saturated rings. The lowest BCUT2D eigenvalue weighted by Gasteiger charge is -2.23. The zero-order valence-corrected chi connectivity index (χ0v) is 21.2. The molecule has 0 bridgehead atoms. The largest absolute Gasteiger partial charge is 0.497 e. The molecule has 36 heavy (non-hydrogen) atoms. The standard InChI is InChI=1S/C26H27FN2O6S/c1-16-5-9-22(13-23(16)27)36(31,32)28-20-7-10-24-19(11-20)15-29(26(30)17(2)35-24)14-18-6-8-21(33-3)12-25(18)34-4/h5-13,17,28H,14-15H2,1-4H3. The minimum Gasteiger partial charge on any atom is -0.497 e. The van der Waals surface area contributed by atoms with Gasteiger partial charge in [-0.15, -0.1) is 0 Å². The number of anilines is 1. The first kappa shape index (κ1) is 25.3. The summed E-state index contributed by atoms with van der Waals surface area (Å²) in [4.78, 5) is 14.5. The number of fused-ring (bicyclic) bond motifs is 1. The average Bonchev–Trinajstić information content (AvgIpc) is 2.96. The number of nitrogens with one attached hydrogen (secondary N) is 1. The van der Waals surface area contributed by atoms with Crippen LogP contribution in [0.5, 0.6) is 17.2 Å². The Morgan fingerprint density at radius 2 is 1.86 bits per heavy atom. The van der Waals surface area contributed by atoms with Gasteiger partial charge in [0.2, 0.25) is 0 Å². The number of carbonyl (C=O) groups excluding carboxylic acids is 1. The van der Waals surface area contributed by atoms with Crippen LogP contribution in [0.15, 0.2) is 59.5 Å². The van der Waals surface area contributed by atoms with Crippen LogP contribution < -0.4 is 18.9 Å². The molecule has 10 heteroatoms. The molecule has 1 heterocycles. The van der Waals surface area contributed by atoms with Crippen molar-refractivity contribution in [1.29, 1.82) is 0 Å². The Labute approximate surface area is 209 Å². The molecule has 0 aromatic heterocycles. The zero-order valence-electron chi connectivity index (χ0n) is 20.4. The number of carbonyl (C=O) groups is 1. The van der Waals surface area contributed by atoms with Crippen molar-refractivity contribution in [2.24, 2.45) is 0 Å². The molecule has 1 atom stereocenters. The number of ether oxygens (including phenoxy) is 3. The molecule has 0 radical (unpaired) electrons. The Hall–Kier alpha value is -3.79. The van der Waals surface area contributed by atoms with Gasteiger partial charge in [0.25, 0.3) is 15.9 Å². The van der Waals surface area contributed by atoms with Crippen LogP contribution >= 0.6 is 0 Å². The van der Waals surface area contributed by atoms with E-state index in [9.17, 15) is 17.6 Å². The summed E-state index contributed by atoms with van der Waals surface area (Å²) in [5.41, 5.74) is 2.02. The van der Waals surface area contributed by atoms with Crippen molar-refractivity contribution in [3.8, 4) is 17.2 Å². The van der Waals surface area contributed by atoms with Crippen molar-refractivity contribution < 1.29 is 31.8 Å². The third kappa shape index (κ3) is 5.23. The second kappa shape index (κ2) is 10.1. The van der Waals surface area contributed by atoms with Gasteiger partial charge in [-0.3, -0.25) is 9.52 Å². The van der Waals surface area contributed by atoms with Gasteiger partial charge in [-0.2, -0.15) is 0 Å². The minimum absolute atomic E-state index is 0.183. The van der Waals surface area contributed by atoms with Crippen molar-refractivity contribution in [3.05, 3.63) is 77.1 Å². The SMILES string of the molecule is COc1ccc(CN2Cc3cc(NS(=O)(=O)c4ccc(C)c(F)c4)ccc3OC(C)C2=O)c(OC)c1. The van der Waals surface area contributed by atoms with Gasteiger partial charge in [-0.25, -0.2) is 12.8 Å². The predicted molar refractivity (Wildman–Crippen MR) is 132 cm³/mol. The highest BCUT2D eigenvalue weighted by Gasteiger charge is 2.29. The first-order chi connectivity index (χ1) is 17.1. The monoisotopic (exact) mass is 514 g/mol. The van der Waals surface area contributed by atoms with E-state index in [1.54, 1.807) is 63.3 Å². The predicted octanol–water partition coefficient (Wildman–Crippen LogP) is 4.26. The summed E-state index contributed by atoms with van der Waals surface area (Å²) < 4.78 is 58.7. The average molecular weight is 515 g/mol. The fourth-order valence-corrected chi connectivity index (χ4v) is 5.00. The number of sulfonamides is 1. The normalized spacial score (nSPS) is 15.5. The van der Waals surface area contributed by atoms with Crippen LogP contribution in [-0.2, 0) is 27.9 Å². The van der Waals surface area contributed by atoms with Gasteiger partial charge in [0.05, 0.1) is 19.1 Å². The second-order valence-electron chi connectivity index (χ2n) is 8.47. The molecule has 0 saturated heterocycles. The maximum Gasteiger partial charge on any atom is 0.263 e. The topological polar surface area (TPSA) is 94.2 Å². The highest BCUT2D eigenvalue weighted by atomic mass is 32.2. The van der Waals surface area contributed by atoms with E-state index < -0.39 is 21.9 Å². The van der Waals surface area contributed by atoms with Gasteiger partial charge in [0.1, 0.15) is 23.1 Å². The van der Waals surface area contributed by atoms with E-state index in [0.29, 0.717) is 28.4 Å². The van der Waals surface area contributed by atoms with E-state index in [-0.39, 0.29) is 29.6 Å². The van der Waals surface area contributed by atoms with Gasteiger partial charge >= 0.3 is 0 Å². The summed E-state index contributed by atoms with van der Waals surface area (Å²) in [7, 11) is -0.924. The third-order valence-electron chi connectivity index (χ3n) is 5.95. The number of methoxy groups -OCH3 is 2. The van der Waals surface area contributed by atoms with E-state index >= 15 is 0 Å². The fourth-order valence-electron chi connectivity index (χ4n) is 3.94. The summed E-state index contributed by atoms with van der Waals surface area (Å²) in [5, 5.41) is 0. The molecule has 1 N–H and O–H groups in total. The van der Waals surface area contributed by atoms with Gasteiger partial charge in [-0.1, -0.05) is 6.07 Å². The number of hydrogen-bond donors (Lipinski definition) is 1. The molecule has 3 aromatic rings. The van der Waals surface area contributed by atoms with Crippen LogP contribution in [0.4, 0.5) is 10.1 Å². The Morgan fingerprint density at radius 3 is 2.56 bits per heavy atom. The molecule has 1 aliphatic heterocycles. The van der Waals surface area contributed by atoms with Gasteiger partial charge in [0, 0.05) is 36.0 Å². The number of nitrogens with zero attached hydrogens (tertiary/aromatic N) is 1. The molecular weight excluding hydrogens is 487 g/mol. The highest BCUT2D eigenvalue weighted by Crippen LogP contribution is 2.32. The van der Waals surface area contributed by atoms with Crippen molar-refractivity contribution in [2.45, 2.75) is 37.9 Å². The molecule has 4 rings (SSSR count). The lowest BCUT2D eigenvalue weighted by atomic mass is 10.1. The number of benzene rings is 3. The number of aryl methyl sites for hydroxylation is 1. The van der Waals surface area contributed by atoms with E-state index in [1.807, 2.05) is 6.07 Å². The summed E-state index contributed by atoms with van der Waals surface area (Å²) in [6, 6.07) is 13.9. The van der Waals surface area contributed by atoms with Crippen molar-refractivity contribution in [1.82, 2.24) is 4.90 Å². The smallest absolute Gasteiger partial charge is 0.263 e. The Morgan fingerprint density at radius 1 is 1.08 bits per heavy atom. The van der Waals surface area contributed by atoms with Crippen molar-refractivity contribution >= 4 is 21.6 Å². The van der Waals surface area contributed by atoms with Gasteiger partial charge in [0.15, 0.2) is 6.10 Å². The van der Waals surface area contributed by atoms with Crippen molar-refractivity contribution in [2.75, 3.05) is 18.9 Å². The number of rotatable bonds is 7. The molecule has 0 aliphatic carbocycles. The first-order valence-corrected chi connectivity index (χ1v) is 12.7. The quantitative estimate of drug-likeness (QED) is 0.506. The molecule has 190 valence electrons. The number of hydrogen-bond acceptors (Lipinski definition) is 6. The zero-order chi connectivity index (χ0) is 26.0. The van der Waals surface area contributed by atoms with E-state index in [0.717, 1.165) is 11.6 Å². The van der Waals surface area contributed by atoms with Crippen LogP contribution in [0.25, 0.3) is 0 Å². The van der Waals surface area contributed by atoms with E-state index in [4.69, 9.17) is 14.2 Å². The lowest BCUT2D eigenvalue weighted by molar-refractivity contribution is -0.138. The third-order valence-corrected chi connectivity index (χ3v) is 7.33. The molecule has 1 unspecified atom stereocenters. The molecule has 1 amide bonds. The molecule has 8 nitrogen and oxygen atoms in total. The molecule has 0 spiro atoms. The first-order valence-electron chi connectivity index (χ1n) is 11.2. The van der Waals surface area contributed by atoms with Crippen LogP contribution in [0.3, 0.4) is 0 Å². The number of amides is 1. The van der Waals surface area contributed by atoms with Gasteiger partial charge < -0.3 is 19.1 Å². The maximum atomic E-state index is 13.9. The fraction of sp³-hybridized carbons (Fsp3) is 0.269. The Kier molecular flexibility index (Phi) is 7.07. The summed E-state index contributed by atoms with van der Waals surface area (Å²) in [5.74, 6) is 0.855. The maximum absolute atomic E-state index is 13.9. The summed E-state index contributed by atoms with van der Waals surface area (Å²) >= 11 is 0. The molecule has 3 aromatic carbocycles. The van der Waals surface area contributed by atoms with E-state index in [2.05, 4.69) is 4.72 Å². The van der Waals surface area contributed by atoms with Crippen LogP contribution in [0.1, 0.15) is 23.6 Å². The molecule has 0 saturated carbocycles. The van der Waals surface area contributed by atoms with Crippen molar-refractivity contribution in [3.63, 3.8) is 0 Å². The lowest BCUT2D eigenvalue weighted by Crippen LogP contribution is -2.37. The van der Waals surface area contributed by atoms with Crippen LogP contribution in [0, 0.1) is 12.7 Å². The highest BCUT2D eigenvalue weighted by molar-refractivity contribution is 7.92. The minimum atomic E-state index is -4.03. The summed E-state index contributed by atoms with van der Waals surface area (Å²) in [6.45, 7) is 3.65.